The van der Waals surface area contributed by atoms with Crippen LogP contribution in [0, 0.1) is 11.8 Å². The van der Waals surface area contributed by atoms with Gasteiger partial charge in [0.1, 0.15) is 5.60 Å². The van der Waals surface area contributed by atoms with Gasteiger partial charge in [-0.25, -0.2) is 0 Å². The zero-order chi connectivity index (χ0) is 26.6. The van der Waals surface area contributed by atoms with E-state index in [9.17, 15) is 9.90 Å². The summed E-state index contributed by atoms with van der Waals surface area (Å²) in [6.45, 7) is 5.65. The Kier molecular flexibility index (Phi) is 13.0. The van der Waals surface area contributed by atoms with Crippen LogP contribution in [-0.4, -0.2) is 69.8 Å². The second kappa shape index (κ2) is 15.4. The molecule has 1 saturated carbocycles. The first-order chi connectivity index (χ1) is 17.3. The predicted octanol–water partition coefficient (Wildman–Crippen LogP) is 3.47. The van der Waals surface area contributed by atoms with Crippen LogP contribution in [0.25, 0.3) is 0 Å². The smallest absolute Gasteiger partial charge is 0.252 e. The summed E-state index contributed by atoms with van der Waals surface area (Å²) in [7, 11) is 4.90. The van der Waals surface area contributed by atoms with Crippen LogP contribution in [0.15, 0.2) is 18.2 Å². The minimum Gasteiger partial charge on any atom is -0.493 e. The van der Waals surface area contributed by atoms with Crippen LogP contribution in [-0.2, 0) is 20.7 Å². The zero-order valence-corrected chi connectivity index (χ0v) is 22.9. The van der Waals surface area contributed by atoms with Crippen LogP contribution in [0.2, 0.25) is 0 Å². The van der Waals surface area contributed by atoms with Crippen LogP contribution in [0.1, 0.15) is 64.4 Å². The van der Waals surface area contributed by atoms with Crippen molar-refractivity contribution in [1.29, 1.82) is 0 Å². The first-order valence-electron chi connectivity index (χ1n) is 13.3. The van der Waals surface area contributed by atoms with E-state index in [4.69, 9.17) is 24.7 Å². The molecule has 36 heavy (non-hydrogen) atoms. The third-order valence-electron chi connectivity index (χ3n) is 7.43. The summed E-state index contributed by atoms with van der Waals surface area (Å²) < 4.78 is 22.1. The molecule has 1 fully saturated rings. The highest BCUT2D eigenvalue weighted by atomic mass is 16.5. The van der Waals surface area contributed by atoms with Gasteiger partial charge in [0.15, 0.2) is 11.5 Å². The van der Waals surface area contributed by atoms with Crippen LogP contribution in [0.3, 0.4) is 0 Å². The summed E-state index contributed by atoms with van der Waals surface area (Å²) in [6, 6.07) is 5.55. The van der Waals surface area contributed by atoms with Crippen molar-refractivity contribution in [2.75, 3.05) is 41.1 Å². The molecule has 8 nitrogen and oxygen atoms in total. The third kappa shape index (κ3) is 8.91. The fourth-order valence-electron chi connectivity index (χ4n) is 4.90. The average molecular weight is 509 g/mol. The van der Waals surface area contributed by atoms with Gasteiger partial charge in [-0.15, -0.1) is 0 Å². The Labute approximate surface area is 217 Å². The Hall–Kier alpha value is -1.87. The molecule has 1 aromatic carbocycles. The summed E-state index contributed by atoms with van der Waals surface area (Å²) in [5, 5.41) is 13.6. The lowest BCUT2D eigenvalue weighted by Crippen LogP contribution is -2.53. The first-order valence-corrected chi connectivity index (χ1v) is 13.3. The van der Waals surface area contributed by atoms with Crippen molar-refractivity contribution in [2.45, 2.75) is 83.0 Å². The van der Waals surface area contributed by atoms with E-state index in [1.54, 1.807) is 21.3 Å². The molecule has 0 saturated heterocycles. The van der Waals surface area contributed by atoms with E-state index < -0.39 is 17.7 Å². The topological polar surface area (TPSA) is 112 Å². The fourth-order valence-corrected chi connectivity index (χ4v) is 4.90. The molecule has 0 radical (unpaired) electrons. The number of nitrogens with one attached hydrogen (secondary N) is 1. The van der Waals surface area contributed by atoms with Gasteiger partial charge in [-0.1, -0.05) is 39.2 Å². The maximum atomic E-state index is 12.8. The summed E-state index contributed by atoms with van der Waals surface area (Å²) in [5.41, 5.74) is 6.77. The highest BCUT2D eigenvalue weighted by molar-refractivity contribution is 5.85. The highest BCUT2D eigenvalue weighted by Gasteiger charge is 2.39. The molecule has 0 aliphatic heterocycles. The number of ether oxygens (including phenoxy) is 4. The van der Waals surface area contributed by atoms with Gasteiger partial charge in [-0.2, -0.15) is 0 Å². The second-order valence-electron chi connectivity index (χ2n) is 10.3. The van der Waals surface area contributed by atoms with E-state index in [-0.39, 0.29) is 18.4 Å². The maximum Gasteiger partial charge on any atom is 0.252 e. The number of aliphatic hydroxyl groups is 1. The zero-order valence-electron chi connectivity index (χ0n) is 22.9. The number of hydrogen-bond acceptors (Lipinski definition) is 7. The standard InChI is InChI=1S/C28H48N2O6/c1-20(2)22(16-21-10-11-25(34-4)26(17-21)36-15-9-14-33-3)18-23(29)24(31)19-30-27(32)28(35-5)12-7-6-8-13-28/h10-11,17,20,22-24,31H,6-9,12-16,18-19,29H2,1-5H3,(H,30,32). The Balaban J connectivity index is 1.95. The van der Waals surface area contributed by atoms with Crippen LogP contribution >= 0.6 is 0 Å². The second-order valence-corrected chi connectivity index (χ2v) is 10.3. The van der Waals surface area contributed by atoms with E-state index in [1.165, 1.54) is 0 Å². The van der Waals surface area contributed by atoms with Gasteiger partial charge in [0.05, 0.1) is 19.8 Å². The molecule has 3 atom stereocenters. The lowest BCUT2D eigenvalue weighted by atomic mass is 9.82. The Morgan fingerprint density at radius 1 is 1.11 bits per heavy atom. The van der Waals surface area contributed by atoms with Crippen molar-refractivity contribution in [1.82, 2.24) is 5.32 Å². The molecule has 8 heteroatoms. The monoisotopic (exact) mass is 508 g/mol. The quantitative estimate of drug-likeness (QED) is 0.293. The number of hydrogen-bond donors (Lipinski definition) is 3. The SMILES string of the molecule is COCCCOc1cc(CC(CC(N)C(O)CNC(=O)C2(OC)CCCCC2)C(C)C)ccc1OC. The van der Waals surface area contributed by atoms with Gasteiger partial charge in [0, 0.05) is 39.8 Å². The molecule has 0 bridgehead atoms. The number of amides is 1. The molecular weight excluding hydrogens is 460 g/mol. The molecule has 3 unspecified atom stereocenters. The first kappa shape index (κ1) is 30.4. The van der Waals surface area contributed by atoms with Crippen molar-refractivity contribution in [3.8, 4) is 11.5 Å². The number of methoxy groups -OCH3 is 3. The van der Waals surface area contributed by atoms with Crippen molar-refractivity contribution in [2.24, 2.45) is 17.6 Å². The van der Waals surface area contributed by atoms with Crippen LogP contribution in [0.4, 0.5) is 0 Å². The van der Waals surface area contributed by atoms with Crippen molar-refractivity contribution >= 4 is 5.91 Å². The van der Waals surface area contributed by atoms with Crippen LogP contribution in [0.5, 0.6) is 11.5 Å². The van der Waals surface area contributed by atoms with E-state index >= 15 is 0 Å². The molecule has 2 rings (SSSR count). The minimum absolute atomic E-state index is 0.123. The molecule has 1 aliphatic rings. The largest absolute Gasteiger partial charge is 0.493 e. The molecule has 1 amide bonds. The molecule has 1 aliphatic carbocycles. The Morgan fingerprint density at radius 3 is 2.44 bits per heavy atom. The number of aliphatic hydroxyl groups excluding tert-OH is 1. The van der Waals surface area contributed by atoms with E-state index in [0.717, 1.165) is 43.4 Å². The summed E-state index contributed by atoms with van der Waals surface area (Å²) >= 11 is 0. The normalized spacial score (nSPS) is 17.9. The molecule has 0 spiro atoms. The van der Waals surface area contributed by atoms with Gasteiger partial charge < -0.3 is 35.1 Å². The molecular formula is C28H48N2O6. The Morgan fingerprint density at radius 2 is 1.83 bits per heavy atom. The minimum atomic E-state index is -0.830. The molecule has 206 valence electrons. The highest BCUT2D eigenvalue weighted by Crippen LogP contribution is 2.32. The van der Waals surface area contributed by atoms with Crippen LogP contribution < -0.4 is 20.5 Å². The molecule has 0 aromatic heterocycles. The van der Waals surface area contributed by atoms with E-state index in [1.807, 2.05) is 18.2 Å². The van der Waals surface area contributed by atoms with Gasteiger partial charge in [0.2, 0.25) is 0 Å². The predicted molar refractivity (Wildman–Crippen MR) is 141 cm³/mol. The van der Waals surface area contributed by atoms with E-state index in [0.29, 0.717) is 44.1 Å². The summed E-state index contributed by atoms with van der Waals surface area (Å²) in [4.78, 5) is 12.8. The lowest BCUT2D eigenvalue weighted by Gasteiger charge is -2.35. The van der Waals surface area contributed by atoms with E-state index in [2.05, 4.69) is 19.2 Å². The van der Waals surface area contributed by atoms with Gasteiger partial charge >= 0.3 is 0 Å². The van der Waals surface area contributed by atoms with Gasteiger partial charge in [-0.05, 0) is 55.2 Å². The average Bonchev–Trinajstić information content (AvgIpc) is 2.89. The maximum absolute atomic E-state index is 12.8. The fraction of sp³-hybridized carbons (Fsp3) is 0.750. The van der Waals surface area contributed by atoms with Crippen molar-refractivity contribution in [3.05, 3.63) is 23.8 Å². The molecule has 0 heterocycles. The van der Waals surface area contributed by atoms with Crippen molar-refractivity contribution < 1.29 is 28.8 Å². The number of nitrogens with two attached hydrogens (primary N) is 1. The Bertz CT molecular complexity index is 781. The summed E-state index contributed by atoms with van der Waals surface area (Å²) in [6.07, 6.45) is 5.92. The molecule has 4 N–H and O–H groups in total. The van der Waals surface area contributed by atoms with Gasteiger partial charge in [-0.3, -0.25) is 4.79 Å². The number of benzene rings is 1. The van der Waals surface area contributed by atoms with Crippen molar-refractivity contribution in [3.63, 3.8) is 0 Å². The van der Waals surface area contributed by atoms with Gasteiger partial charge in [0.25, 0.3) is 5.91 Å². The molecule has 1 aromatic rings. The third-order valence-corrected chi connectivity index (χ3v) is 7.43. The lowest BCUT2D eigenvalue weighted by molar-refractivity contribution is -0.148. The number of carbonyl (C=O) groups excluding carboxylic acids is 1. The number of carbonyl (C=O) groups is 1. The number of rotatable bonds is 16. The summed E-state index contributed by atoms with van der Waals surface area (Å²) in [5.74, 6) is 1.89.